The third kappa shape index (κ3) is 4.25. The molecular weight excluding hydrogens is 278 g/mol. The van der Waals surface area contributed by atoms with E-state index in [4.69, 9.17) is 4.74 Å². The highest BCUT2D eigenvalue weighted by Crippen LogP contribution is 2.23. The Bertz CT molecular complexity index is 625. The first-order chi connectivity index (χ1) is 10.6. The maximum absolute atomic E-state index is 12.2. The lowest BCUT2D eigenvalue weighted by atomic mass is 10.1. The standard InChI is InChI=1S/C18H21NO3/c1-13(8-9-14-6-4-3-5-7-14)19-18(21)16-11-10-15(22-2)12-17(16)20/h3-7,10-13,20H,8-9H2,1-2H3,(H,19,21)/t13-/m1/s1. The number of phenols is 1. The molecule has 0 aliphatic rings. The smallest absolute Gasteiger partial charge is 0.255 e. The van der Waals surface area contributed by atoms with E-state index in [9.17, 15) is 9.90 Å². The Morgan fingerprint density at radius 3 is 2.59 bits per heavy atom. The zero-order valence-electron chi connectivity index (χ0n) is 12.9. The molecule has 22 heavy (non-hydrogen) atoms. The molecule has 0 aliphatic heterocycles. The largest absolute Gasteiger partial charge is 0.507 e. The molecule has 2 rings (SSSR count). The molecule has 2 aromatic rings. The van der Waals surface area contributed by atoms with Crippen molar-refractivity contribution in [2.75, 3.05) is 7.11 Å². The third-order valence-corrected chi connectivity index (χ3v) is 3.54. The van der Waals surface area contributed by atoms with Crippen molar-refractivity contribution < 1.29 is 14.6 Å². The predicted molar refractivity (Wildman–Crippen MR) is 86.4 cm³/mol. The van der Waals surface area contributed by atoms with E-state index in [-0.39, 0.29) is 23.3 Å². The van der Waals surface area contributed by atoms with Gasteiger partial charge in [0.15, 0.2) is 0 Å². The molecule has 2 N–H and O–H groups in total. The number of methoxy groups -OCH3 is 1. The number of carbonyl (C=O) groups is 1. The number of carbonyl (C=O) groups excluding carboxylic acids is 1. The lowest BCUT2D eigenvalue weighted by Gasteiger charge is -2.15. The molecule has 0 heterocycles. The summed E-state index contributed by atoms with van der Waals surface area (Å²) in [6, 6.07) is 14.8. The summed E-state index contributed by atoms with van der Waals surface area (Å²) in [4.78, 5) is 12.2. The molecule has 0 unspecified atom stereocenters. The van der Waals surface area contributed by atoms with Crippen molar-refractivity contribution in [3.05, 3.63) is 59.7 Å². The lowest BCUT2D eigenvalue weighted by molar-refractivity contribution is 0.0935. The quantitative estimate of drug-likeness (QED) is 0.861. The zero-order chi connectivity index (χ0) is 15.9. The maximum atomic E-state index is 12.2. The second-order valence-electron chi connectivity index (χ2n) is 5.28. The topological polar surface area (TPSA) is 58.6 Å². The Balaban J connectivity index is 1.91. The minimum Gasteiger partial charge on any atom is -0.507 e. The predicted octanol–water partition coefficient (Wildman–Crippen LogP) is 3.15. The van der Waals surface area contributed by atoms with Crippen LogP contribution in [0.4, 0.5) is 0 Å². The Morgan fingerprint density at radius 2 is 1.95 bits per heavy atom. The van der Waals surface area contributed by atoms with Crippen molar-refractivity contribution in [2.24, 2.45) is 0 Å². The van der Waals surface area contributed by atoms with Gasteiger partial charge in [0.25, 0.3) is 5.91 Å². The average Bonchev–Trinajstić information content (AvgIpc) is 2.53. The molecule has 0 saturated carbocycles. The zero-order valence-corrected chi connectivity index (χ0v) is 12.9. The van der Waals surface area contributed by atoms with Crippen LogP contribution in [-0.2, 0) is 6.42 Å². The number of hydrogen-bond donors (Lipinski definition) is 2. The number of phenolic OH excluding ortho intramolecular Hbond substituents is 1. The van der Waals surface area contributed by atoms with Crippen LogP contribution in [0.2, 0.25) is 0 Å². The van der Waals surface area contributed by atoms with E-state index in [0.717, 1.165) is 12.8 Å². The molecule has 0 aromatic heterocycles. The number of aromatic hydroxyl groups is 1. The van der Waals surface area contributed by atoms with Gasteiger partial charge in [-0.15, -0.1) is 0 Å². The van der Waals surface area contributed by atoms with Crippen LogP contribution in [0.5, 0.6) is 11.5 Å². The fourth-order valence-corrected chi connectivity index (χ4v) is 2.23. The Labute approximate surface area is 130 Å². The molecule has 4 heteroatoms. The summed E-state index contributed by atoms with van der Waals surface area (Å²) in [5, 5.41) is 12.8. The fourth-order valence-electron chi connectivity index (χ4n) is 2.23. The van der Waals surface area contributed by atoms with Crippen molar-refractivity contribution in [3.8, 4) is 11.5 Å². The van der Waals surface area contributed by atoms with E-state index in [2.05, 4.69) is 17.4 Å². The van der Waals surface area contributed by atoms with Crippen LogP contribution in [0.25, 0.3) is 0 Å². The molecule has 0 spiro atoms. The molecule has 0 fully saturated rings. The molecular formula is C18H21NO3. The highest BCUT2D eigenvalue weighted by Gasteiger charge is 2.14. The summed E-state index contributed by atoms with van der Waals surface area (Å²) in [6.07, 6.45) is 1.74. The van der Waals surface area contributed by atoms with Gasteiger partial charge in [-0.25, -0.2) is 0 Å². The van der Waals surface area contributed by atoms with Gasteiger partial charge in [0.1, 0.15) is 11.5 Å². The summed E-state index contributed by atoms with van der Waals surface area (Å²) < 4.78 is 5.01. The SMILES string of the molecule is COc1ccc(C(=O)N[C@H](C)CCc2ccccc2)c(O)c1. The van der Waals surface area contributed by atoms with Gasteiger partial charge in [-0.1, -0.05) is 30.3 Å². The first-order valence-electron chi connectivity index (χ1n) is 7.32. The molecule has 0 bridgehead atoms. The van der Waals surface area contributed by atoms with Crippen molar-refractivity contribution >= 4 is 5.91 Å². The van der Waals surface area contributed by atoms with Gasteiger partial charge < -0.3 is 15.2 Å². The molecule has 0 saturated heterocycles. The fraction of sp³-hybridized carbons (Fsp3) is 0.278. The molecule has 1 atom stereocenters. The molecule has 4 nitrogen and oxygen atoms in total. The summed E-state index contributed by atoms with van der Waals surface area (Å²) in [5.74, 6) is 0.166. The summed E-state index contributed by atoms with van der Waals surface area (Å²) in [5.41, 5.74) is 1.50. The number of benzene rings is 2. The first-order valence-corrected chi connectivity index (χ1v) is 7.32. The summed E-state index contributed by atoms with van der Waals surface area (Å²) in [7, 11) is 1.51. The van der Waals surface area contributed by atoms with Crippen molar-refractivity contribution in [1.29, 1.82) is 0 Å². The van der Waals surface area contributed by atoms with Gasteiger partial charge >= 0.3 is 0 Å². The van der Waals surface area contributed by atoms with Crippen LogP contribution >= 0.6 is 0 Å². The molecule has 116 valence electrons. The average molecular weight is 299 g/mol. The third-order valence-electron chi connectivity index (χ3n) is 3.54. The van der Waals surface area contributed by atoms with Gasteiger partial charge in [-0.3, -0.25) is 4.79 Å². The monoisotopic (exact) mass is 299 g/mol. The van der Waals surface area contributed by atoms with Gasteiger partial charge in [0.2, 0.25) is 0 Å². The van der Waals surface area contributed by atoms with E-state index >= 15 is 0 Å². The number of hydrogen-bond acceptors (Lipinski definition) is 3. The number of nitrogens with one attached hydrogen (secondary N) is 1. The van der Waals surface area contributed by atoms with Crippen LogP contribution < -0.4 is 10.1 Å². The van der Waals surface area contributed by atoms with Gasteiger partial charge in [0, 0.05) is 12.1 Å². The Kier molecular flexibility index (Phi) is 5.42. The van der Waals surface area contributed by atoms with Gasteiger partial charge in [0.05, 0.1) is 12.7 Å². The van der Waals surface area contributed by atoms with E-state index in [1.165, 1.54) is 18.7 Å². The first kappa shape index (κ1) is 15.9. The Hall–Kier alpha value is -2.49. The van der Waals surface area contributed by atoms with Gasteiger partial charge in [-0.05, 0) is 37.5 Å². The molecule has 0 radical (unpaired) electrons. The molecule has 0 aliphatic carbocycles. The minimum absolute atomic E-state index is 0.0224. The number of amides is 1. The number of aryl methyl sites for hydroxylation is 1. The highest BCUT2D eigenvalue weighted by molar-refractivity contribution is 5.97. The van der Waals surface area contributed by atoms with Crippen LogP contribution in [0, 0.1) is 0 Å². The second kappa shape index (κ2) is 7.50. The van der Waals surface area contributed by atoms with Crippen molar-refractivity contribution in [3.63, 3.8) is 0 Å². The summed E-state index contributed by atoms with van der Waals surface area (Å²) in [6.45, 7) is 1.96. The maximum Gasteiger partial charge on any atom is 0.255 e. The minimum atomic E-state index is -0.277. The van der Waals surface area contributed by atoms with E-state index < -0.39 is 0 Å². The van der Waals surface area contributed by atoms with Crippen molar-refractivity contribution in [1.82, 2.24) is 5.32 Å². The number of ether oxygens (including phenoxy) is 1. The van der Waals surface area contributed by atoms with E-state index in [1.54, 1.807) is 12.1 Å². The van der Waals surface area contributed by atoms with Crippen LogP contribution in [0.3, 0.4) is 0 Å². The number of rotatable bonds is 6. The molecule has 2 aromatic carbocycles. The van der Waals surface area contributed by atoms with Crippen LogP contribution in [-0.4, -0.2) is 24.2 Å². The van der Waals surface area contributed by atoms with Crippen LogP contribution in [0.1, 0.15) is 29.3 Å². The Morgan fingerprint density at radius 1 is 1.23 bits per heavy atom. The second-order valence-corrected chi connectivity index (χ2v) is 5.28. The lowest BCUT2D eigenvalue weighted by Crippen LogP contribution is -2.32. The highest BCUT2D eigenvalue weighted by atomic mass is 16.5. The molecule has 1 amide bonds. The summed E-state index contributed by atoms with van der Waals surface area (Å²) >= 11 is 0. The van der Waals surface area contributed by atoms with Crippen molar-refractivity contribution in [2.45, 2.75) is 25.8 Å². The normalized spacial score (nSPS) is 11.7. The van der Waals surface area contributed by atoms with Crippen LogP contribution in [0.15, 0.2) is 48.5 Å². The van der Waals surface area contributed by atoms with E-state index in [1.807, 2.05) is 25.1 Å². The van der Waals surface area contributed by atoms with E-state index in [0.29, 0.717) is 5.75 Å². The van der Waals surface area contributed by atoms with Gasteiger partial charge in [-0.2, -0.15) is 0 Å².